The van der Waals surface area contributed by atoms with Gasteiger partial charge in [0.25, 0.3) is 0 Å². The third kappa shape index (κ3) is 3.41. The van der Waals surface area contributed by atoms with Gasteiger partial charge >= 0.3 is 0 Å². The second-order valence-corrected chi connectivity index (χ2v) is 2.15. The van der Waals surface area contributed by atoms with Gasteiger partial charge < -0.3 is 5.73 Å². The minimum absolute atomic E-state index is 0.198. The summed E-state index contributed by atoms with van der Waals surface area (Å²) in [5, 5.41) is 8.44. The van der Waals surface area contributed by atoms with E-state index in [0.29, 0.717) is 12.1 Å². The van der Waals surface area contributed by atoms with E-state index >= 15 is 0 Å². The van der Waals surface area contributed by atoms with Crippen molar-refractivity contribution in [3.63, 3.8) is 0 Å². The summed E-state index contributed by atoms with van der Waals surface area (Å²) >= 11 is 0. The Kier molecular flexibility index (Phi) is 3.97. The largest absolute Gasteiger partial charge is 0.401 e. The Bertz CT molecular complexity index is 229. The second kappa shape index (κ2) is 4.51. The molecule has 0 heterocycles. The maximum Gasteiger partial charge on any atom is 0.101 e. The van der Waals surface area contributed by atoms with Crippen LogP contribution >= 0.6 is 0 Å². The fourth-order valence-electron chi connectivity index (χ4n) is 0.493. The molecule has 60 valence electrons. The molecule has 3 heteroatoms. The van der Waals surface area contributed by atoms with Crippen LogP contribution in [0.5, 0.6) is 0 Å². The van der Waals surface area contributed by atoms with Crippen molar-refractivity contribution in [2.75, 3.05) is 0 Å². The highest BCUT2D eigenvalue weighted by Gasteiger charge is 1.96. The summed E-state index contributed by atoms with van der Waals surface area (Å²) in [5.41, 5.74) is 5.84. The first-order valence-electron chi connectivity index (χ1n) is 3.34. The summed E-state index contributed by atoms with van der Waals surface area (Å²) in [7, 11) is 0. The predicted molar refractivity (Wildman–Crippen MR) is 42.0 cm³/mol. The smallest absolute Gasteiger partial charge is 0.101 e. The van der Waals surface area contributed by atoms with Gasteiger partial charge in [0.1, 0.15) is 11.9 Å². The summed E-state index contributed by atoms with van der Waals surface area (Å²) in [6.07, 6.45) is 1.45. The lowest BCUT2D eigenvalue weighted by Gasteiger charge is -1.93. The molecule has 11 heavy (non-hydrogen) atoms. The zero-order valence-electron chi connectivity index (χ0n) is 6.69. The van der Waals surface area contributed by atoms with E-state index in [4.69, 9.17) is 11.0 Å². The van der Waals surface area contributed by atoms with E-state index in [1.165, 1.54) is 0 Å². The van der Waals surface area contributed by atoms with Gasteiger partial charge in [0.15, 0.2) is 0 Å². The van der Waals surface area contributed by atoms with Crippen LogP contribution in [0.25, 0.3) is 0 Å². The Hall–Kier alpha value is -1.30. The van der Waals surface area contributed by atoms with Crippen LogP contribution in [0.15, 0.2) is 23.2 Å². The number of allylic oxidation sites excluding steroid dienone is 4. The lowest BCUT2D eigenvalue weighted by Crippen LogP contribution is -1.94. The number of nitrogens with two attached hydrogens (primary N) is 1. The molecule has 0 amide bonds. The Morgan fingerprint density at radius 2 is 2.27 bits per heavy atom. The van der Waals surface area contributed by atoms with Crippen LogP contribution in [-0.2, 0) is 0 Å². The van der Waals surface area contributed by atoms with Gasteiger partial charge in [-0.05, 0) is 19.4 Å². The van der Waals surface area contributed by atoms with Gasteiger partial charge in [0.2, 0.25) is 0 Å². The minimum atomic E-state index is -0.327. The fourth-order valence-corrected chi connectivity index (χ4v) is 0.493. The van der Waals surface area contributed by atoms with Crippen LogP contribution in [0.4, 0.5) is 4.39 Å². The van der Waals surface area contributed by atoms with Gasteiger partial charge in [-0.1, -0.05) is 6.92 Å². The first-order chi connectivity index (χ1) is 5.11. The average Bonchev–Trinajstić information content (AvgIpc) is 1.99. The first-order valence-corrected chi connectivity index (χ1v) is 3.34. The summed E-state index contributed by atoms with van der Waals surface area (Å²) in [6, 6.07) is 1.80. The van der Waals surface area contributed by atoms with Crippen LogP contribution in [0.1, 0.15) is 20.3 Å². The van der Waals surface area contributed by atoms with Crippen LogP contribution in [-0.4, -0.2) is 0 Å². The highest BCUT2D eigenvalue weighted by atomic mass is 19.1. The van der Waals surface area contributed by atoms with Crippen LogP contribution in [0.2, 0.25) is 0 Å². The minimum Gasteiger partial charge on any atom is -0.401 e. The van der Waals surface area contributed by atoms with Crippen LogP contribution in [0, 0.1) is 11.3 Å². The van der Waals surface area contributed by atoms with Gasteiger partial charge in [0.05, 0.1) is 5.57 Å². The molecule has 2 N–H and O–H groups in total. The lowest BCUT2D eigenvalue weighted by atomic mass is 10.2. The molecular weight excluding hydrogens is 143 g/mol. The normalized spacial score (nSPS) is 13.8. The molecule has 2 nitrogen and oxygen atoms in total. The molecule has 0 unspecified atom stereocenters. The van der Waals surface area contributed by atoms with Gasteiger partial charge in [-0.3, -0.25) is 0 Å². The van der Waals surface area contributed by atoms with Crippen molar-refractivity contribution < 1.29 is 4.39 Å². The molecule has 0 aliphatic heterocycles. The molecule has 0 fully saturated rings. The highest BCUT2D eigenvalue weighted by Crippen LogP contribution is 2.08. The van der Waals surface area contributed by atoms with E-state index in [1.807, 2.05) is 0 Å². The summed E-state index contributed by atoms with van der Waals surface area (Å²) in [6.45, 7) is 3.24. The number of rotatable bonds is 2. The monoisotopic (exact) mass is 154 g/mol. The topological polar surface area (TPSA) is 49.8 Å². The first kappa shape index (κ1) is 9.70. The number of nitrogens with zero attached hydrogens (tertiary/aromatic N) is 1. The van der Waals surface area contributed by atoms with E-state index in [1.54, 1.807) is 19.9 Å². The maximum atomic E-state index is 12.5. The third-order valence-corrected chi connectivity index (χ3v) is 1.18. The zero-order valence-corrected chi connectivity index (χ0v) is 6.69. The number of halogens is 1. The van der Waals surface area contributed by atoms with Crippen molar-refractivity contribution >= 4 is 0 Å². The SMILES string of the molecule is CC/C(F)=C\C(C#N)=C(/C)N. The van der Waals surface area contributed by atoms with Crippen molar-refractivity contribution in [2.24, 2.45) is 5.73 Å². The number of hydrogen-bond acceptors (Lipinski definition) is 2. The average molecular weight is 154 g/mol. The van der Waals surface area contributed by atoms with Gasteiger partial charge in [-0.25, -0.2) is 4.39 Å². The number of nitriles is 1. The molecule has 0 aromatic heterocycles. The van der Waals surface area contributed by atoms with Crippen molar-refractivity contribution in [3.05, 3.63) is 23.2 Å². The molecular formula is C8H11FN2. The van der Waals surface area contributed by atoms with E-state index < -0.39 is 0 Å². The van der Waals surface area contributed by atoms with E-state index in [0.717, 1.165) is 6.08 Å². The molecule has 0 rings (SSSR count). The van der Waals surface area contributed by atoms with Crippen LogP contribution in [0.3, 0.4) is 0 Å². The lowest BCUT2D eigenvalue weighted by molar-refractivity contribution is 0.604. The molecule has 0 spiro atoms. The second-order valence-electron chi connectivity index (χ2n) is 2.15. The van der Waals surface area contributed by atoms with Gasteiger partial charge in [-0.2, -0.15) is 5.26 Å². The van der Waals surface area contributed by atoms with E-state index in [-0.39, 0.29) is 11.4 Å². The molecule has 0 atom stereocenters. The Morgan fingerprint density at radius 1 is 1.73 bits per heavy atom. The summed E-state index contributed by atoms with van der Waals surface area (Å²) in [5.74, 6) is -0.327. The quantitative estimate of drug-likeness (QED) is 0.488. The van der Waals surface area contributed by atoms with Crippen molar-refractivity contribution in [3.8, 4) is 6.07 Å². The fraction of sp³-hybridized carbons (Fsp3) is 0.375. The Labute approximate surface area is 65.8 Å². The number of hydrogen-bond donors (Lipinski definition) is 1. The maximum absolute atomic E-state index is 12.5. The van der Waals surface area contributed by atoms with Gasteiger partial charge in [-0.15, -0.1) is 0 Å². The highest BCUT2D eigenvalue weighted by molar-refractivity contribution is 5.36. The predicted octanol–water partition coefficient (Wildman–Crippen LogP) is 2.01. The molecule has 0 saturated heterocycles. The Morgan fingerprint density at radius 3 is 2.55 bits per heavy atom. The molecule has 0 radical (unpaired) electrons. The van der Waals surface area contributed by atoms with Crippen molar-refractivity contribution in [1.29, 1.82) is 5.26 Å². The molecule has 0 aromatic rings. The van der Waals surface area contributed by atoms with Crippen molar-refractivity contribution in [2.45, 2.75) is 20.3 Å². The molecule has 0 bridgehead atoms. The van der Waals surface area contributed by atoms with Gasteiger partial charge in [0, 0.05) is 5.70 Å². The molecule has 0 aliphatic carbocycles. The zero-order chi connectivity index (χ0) is 8.85. The van der Waals surface area contributed by atoms with E-state index in [2.05, 4.69) is 0 Å². The summed E-state index contributed by atoms with van der Waals surface area (Å²) in [4.78, 5) is 0. The third-order valence-electron chi connectivity index (χ3n) is 1.18. The molecule has 0 saturated carbocycles. The van der Waals surface area contributed by atoms with Crippen LogP contribution < -0.4 is 5.73 Å². The Balaban J connectivity index is 4.62. The standard InChI is InChI=1S/C8H11FN2/c1-3-8(9)4-7(5-10)6(2)11/h4H,3,11H2,1-2H3/b7-6-,8-4+. The molecule has 0 aromatic carbocycles. The molecule has 0 aliphatic rings. The van der Waals surface area contributed by atoms with E-state index in [9.17, 15) is 4.39 Å². The van der Waals surface area contributed by atoms with Crippen molar-refractivity contribution in [1.82, 2.24) is 0 Å². The summed E-state index contributed by atoms with van der Waals surface area (Å²) < 4.78 is 12.5.